The molecule has 1 aliphatic rings. The minimum absolute atomic E-state index is 0.138. The van der Waals surface area contributed by atoms with Crippen molar-refractivity contribution in [3.8, 4) is 23.0 Å². The van der Waals surface area contributed by atoms with Gasteiger partial charge in [0.05, 0.1) is 25.2 Å². The molecule has 42 heavy (non-hydrogen) atoms. The SMILES string of the molecule is COc1c(OC(=O)N(C)c2ccc(C)cc2)cc2oc3cc4c(c(OC)c3c(=O)c2c1CC=C(C)C)C=CC(C)(C)O4. The lowest BCUT2D eigenvalue weighted by atomic mass is 9.97. The average Bonchev–Trinajstić information content (AvgIpc) is 2.94. The third kappa shape index (κ3) is 5.20. The smallest absolute Gasteiger partial charge is 0.419 e. The standard InChI is InChI=1S/C34H35NO7/c1-19(2)9-14-23-28-25(18-27(31(23)38-7)41-33(37)35(6)21-12-10-20(3)11-13-21)40-26-17-24-22(15-16-34(4,5)42-24)32(39-8)29(26)30(28)36/h9-13,15-18H,14H2,1-8H3. The molecule has 1 amide bonds. The second kappa shape index (κ2) is 10.9. The first-order valence-corrected chi connectivity index (χ1v) is 13.7. The van der Waals surface area contributed by atoms with E-state index in [4.69, 9.17) is 23.4 Å². The fourth-order valence-electron chi connectivity index (χ4n) is 5.06. The Morgan fingerprint density at radius 1 is 1.00 bits per heavy atom. The molecule has 0 N–H and O–H groups in total. The molecular weight excluding hydrogens is 534 g/mol. The number of amides is 1. The Labute approximate surface area is 244 Å². The van der Waals surface area contributed by atoms with Crippen molar-refractivity contribution >= 4 is 39.8 Å². The van der Waals surface area contributed by atoms with Crippen molar-refractivity contribution in [3.63, 3.8) is 0 Å². The van der Waals surface area contributed by atoms with E-state index in [1.165, 1.54) is 25.2 Å². The number of carbonyl (C=O) groups excluding carboxylic acids is 1. The third-order valence-corrected chi connectivity index (χ3v) is 7.27. The van der Waals surface area contributed by atoms with Gasteiger partial charge in [-0.1, -0.05) is 29.3 Å². The second-order valence-corrected chi connectivity index (χ2v) is 11.2. The molecule has 0 fully saturated rings. The first kappa shape index (κ1) is 28.8. The minimum atomic E-state index is -0.619. The fraction of sp³-hybridized carbons (Fsp3) is 0.294. The summed E-state index contributed by atoms with van der Waals surface area (Å²) in [5.41, 5.74) is 3.72. The minimum Gasteiger partial charge on any atom is -0.495 e. The molecule has 0 aliphatic carbocycles. The largest absolute Gasteiger partial charge is 0.495 e. The molecule has 218 valence electrons. The molecule has 1 aromatic heterocycles. The molecular formula is C34H35NO7. The third-order valence-electron chi connectivity index (χ3n) is 7.27. The number of nitrogens with zero attached hydrogens (tertiary/aromatic N) is 1. The number of hydrogen-bond donors (Lipinski definition) is 0. The zero-order chi connectivity index (χ0) is 30.3. The van der Waals surface area contributed by atoms with E-state index in [2.05, 4.69) is 0 Å². The Morgan fingerprint density at radius 3 is 2.31 bits per heavy atom. The summed E-state index contributed by atoms with van der Waals surface area (Å²) in [6, 6.07) is 10.7. The Balaban J connectivity index is 1.75. The Bertz CT molecular complexity index is 1820. The number of aryl methyl sites for hydroxylation is 1. The first-order chi connectivity index (χ1) is 19.9. The van der Waals surface area contributed by atoms with Gasteiger partial charge in [-0.05, 0) is 65.3 Å². The molecule has 0 atom stereocenters. The molecule has 0 unspecified atom stereocenters. The van der Waals surface area contributed by atoms with E-state index >= 15 is 0 Å². The molecule has 4 aromatic rings. The number of rotatable bonds is 6. The van der Waals surface area contributed by atoms with Crippen LogP contribution in [0, 0.1) is 6.92 Å². The predicted octanol–water partition coefficient (Wildman–Crippen LogP) is 7.60. The Hall–Kier alpha value is -4.72. The van der Waals surface area contributed by atoms with Gasteiger partial charge in [0.25, 0.3) is 0 Å². The van der Waals surface area contributed by atoms with Crippen LogP contribution in [0.4, 0.5) is 10.5 Å². The van der Waals surface area contributed by atoms with Crippen molar-refractivity contribution in [2.24, 2.45) is 0 Å². The lowest BCUT2D eigenvalue weighted by Gasteiger charge is -2.28. The van der Waals surface area contributed by atoms with Crippen LogP contribution in [0.3, 0.4) is 0 Å². The number of methoxy groups -OCH3 is 2. The molecule has 8 heteroatoms. The molecule has 0 saturated heterocycles. The predicted molar refractivity (Wildman–Crippen MR) is 166 cm³/mol. The number of anilines is 1. The van der Waals surface area contributed by atoms with Gasteiger partial charge in [0.1, 0.15) is 33.7 Å². The number of carbonyl (C=O) groups is 1. The summed E-state index contributed by atoms with van der Waals surface area (Å²) < 4.78 is 30.0. The zero-order valence-corrected chi connectivity index (χ0v) is 25.2. The maximum atomic E-state index is 14.3. The van der Waals surface area contributed by atoms with Crippen molar-refractivity contribution in [1.29, 1.82) is 0 Å². The van der Waals surface area contributed by atoms with Gasteiger partial charge >= 0.3 is 6.09 Å². The number of ether oxygens (including phenoxy) is 4. The van der Waals surface area contributed by atoms with Gasteiger partial charge in [0.2, 0.25) is 5.43 Å². The van der Waals surface area contributed by atoms with Crippen molar-refractivity contribution in [3.05, 3.63) is 81.0 Å². The normalized spacial score (nSPS) is 13.3. The van der Waals surface area contributed by atoms with Crippen LogP contribution in [0.1, 0.15) is 44.4 Å². The van der Waals surface area contributed by atoms with Gasteiger partial charge in [0.15, 0.2) is 11.5 Å². The fourth-order valence-corrected chi connectivity index (χ4v) is 5.06. The number of benzene rings is 3. The molecule has 2 heterocycles. The number of fused-ring (bicyclic) bond motifs is 3. The highest BCUT2D eigenvalue weighted by atomic mass is 16.6. The van der Waals surface area contributed by atoms with Gasteiger partial charge < -0.3 is 23.4 Å². The maximum absolute atomic E-state index is 14.3. The maximum Gasteiger partial charge on any atom is 0.419 e. The van der Waals surface area contributed by atoms with Crippen LogP contribution in [0.25, 0.3) is 28.0 Å². The van der Waals surface area contributed by atoms with Crippen molar-refractivity contribution in [2.75, 3.05) is 26.2 Å². The first-order valence-electron chi connectivity index (χ1n) is 13.7. The highest BCUT2D eigenvalue weighted by Crippen LogP contribution is 2.44. The monoisotopic (exact) mass is 569 g/mol. The summed E-state index contributed by atoms with van der Waals surface area (Å²) >= 11 is 0. The molecule has 8 nitrogen and oxygen atoms in total. The molecule has 0 spiro atoms. The summed E-state index contributed by atoms with van der Waals surface area (Å²) in [6.07, 6.45) is 5.53. The van der Waals surface area contributed by atoms with Crippen LogP contribution in [-0.4, -0.2) is 33.0 Å². The van der Waals surface area contributed by atoms with Crippen LogP contribution in [-0.2, 0) is 6.42 Å². The van der Waals surface area contributed by atoms with Gasteiger partial charge in [0, 0.05) is 30.4 Å². The van der Waals surface area contributed by atoms with E-state index in [0.717, 1.165) is 11.1 Å². The van der Waals surface area contributed by atoms with Crippen molar-refractivity contribution in [2.45, 2.75) is 46.6 Å². The molecule has 0 bridgehead atoms. The van der Waals surface area contributed by atoms with E-state index in [9.17, 15) is 9.59 Å². The van der Waals surface area contributed by atoms with E-state index in [0.29, 0.717) is 51.1 Å². The average molecular weight is 570 g/mol. The Kier molecular flexibility index (Phi) is 7.49. The number of hydrogen-bond acceptors (Lipinski definition) is 7. The van der Waals surface area contributed by atoms with Crippen LogP contribution in [0.15, 0.2) is 63.3 Å². The summed E-state index contributed by atoms with van der Waals surface area (Å²) in [6.45, 7) is 9.79. The molecule has 5 rings (SSSR count). The molecule has 0 saturated carbocycles. The zero-order valence-electron chi connectivity index (χ0n) is 25.2. The van der Waals surface area contributed by atoms with Gasteiger partial charge in [-0.15, -0.1) is 0 Å². The lowest BCUT2D eigenvalue weighted by molar-refractivity contribution is 0.158. The molecule has 0 radical (unpaired) electrons. The van der Waals surface area contributed by atoms with E-state index in [1.807, 2.05) is 77.1 Å². The van der Waals surface area contributed by atoms with Crippen LogP contribution >= 0.6 is 0 Å². The topological polar surface area (TPSA) is 87.4 Å². The summed E-state index contributed by atoms with van der Waals surface area (Å²) in [5.74, 6) is 1.32. The van der Waals surface area contributed by atoms with Crippen molar-refractivity contribution in [1.82, 2.24) is 0 Å². The Morgan fingerprint density at radius 2 is 1.67 bits per heavy atom. The molecule has 1 aliphatic heterocycles. The second-order valence-electron chi connectivity index (χ2n) is 11.2. The van der Waals surface area contributed by atoms with E-state index in [-0.39, 0.29) is 22.5 Å². The molecule has 3 aromatic carbocycles. The summed E-state index contributed by atoms with van der Waals surface area (Å²) in [7, 11) is 4.63. The van der Waals surface area contributed by atoms with Crippen LogP contribution < -0.4 is 29.3 Å². The van der Waals surface area contributed by atoms with Gasteiger partial charge in [-0.3, -0.25) is 9.69 Å². The lowest BCUT2D eigenvalue weighted by Crippen LogP contribution is -2.29. The summed E-state index contributed by atoms with van der Waals surface area (Å²) in [5, 5.41) is 0.615. The quantitative estimate of drug-likeness (QED) is 0.175. The highest BCUT2D eigenvalue weighted by molar-refractivity contribution is 6.00. The van der Waals surface area contributed by atoms with E-state index < -0.39 is 11.7 Å². The van der Waals surface area contributed by atoms with Crippen molar-refractivity contribution < 1.29 is 28.2 Å². The van der Waals surface area contributed by atoms with Crippen LogP contribution in [0.5, 0.6) is 23.0 Å². The van der Waals surface area contributed by atoms with E-state index in [1.54, 1.807) is 13.1 Å². The number of allylic oxidation sites excluding steroid dienone is 2. The summed E-state index contributed by atoms with van der Waals surface area (Å²) in [4.78, 5) is 28.9. The highest BCUT2D eigenvalue weighted by Gasteiger charge is 2.29. The van der Waals surface area contributed by atoms with Gasteiger partial charge in [-0.25, -0.2) is 4.79 Å². The van der Waals surface area contributed by atoms with Crippen LogP contribution in [0.2, 0.25) is 0 Å². The van der Waals surface area contributed by atoms with Gasteiger partial charge in [-0.2, -0.15) is 0 Å².